The van der Waals surface area contributed by atoms with Crippen LogP contribution in [0, 0.1) is 0 Å². The number of amides is 1. The fraction of sp³-hybridized carbons (Fsp3) is 0.0588. The topological polar surface area (TPSA) is 44.7 Å². The number of hydrogen-bond donors (Lipinski definition) is 1. The van der Waals surface area contributed by atoms with Crippen molar-refractivity contribution >= 4 is 41.2 Å². The van der Waals surface area contributed by atoms with E-state index in [9.17, 15) is 4.79 Å². The van der Waals surface area contributed by atoms with Gasteiger partial charge in [-0.1, -0.05) is 71.9 Å². The first-order valence-corrected chi connectivity index (χ1v) is 8.34. The highest BCUT2D eigenvalue weighted by Gasteiger charge is 2.41. The molecule has 1 saturated heterocycles. The molecule has 2 aromatic rings. The number of hydrazine groups is 1. The Bertz CT molecular complexity index is 835. The Morgan fingerprint density at radius 1 is 1.13 bits per heavy atom. The zero-order chi connectivity index (χ0) is 15.8. The van der Waals surface area contributed by atoms with E-state index in [1.54, 1.807) is 5.01 Å². The van der Waals surface area contributed by atoms with Crippen LogP contribution in [-0.4, -0.2) is 22.2 Å². The molecule has 1 fully saturated rings. The van der Waals surface area contributed by atoms with Crippen molar-refractivity contribution in [2.45, 2.75) is 5.50 Å². The van der Waals surface area contributed by atoms with Crippen LogP contribution in [0.4, 0.5) is 0 Å². The van der Waals surface area contributed by atoms with E-state index in [1.807, 2.05) is 60.7 Å². The standard InChI is InChI=1S/C17H12ClN3OS/c18-13-9-5-4-8-12(13)10-14-16(22)21-17(23-14)19-15(20-21)11-6-2-1-3-7-11/h1-10,17H,(H,19,20). The highest BCUT2D eigenvalue weighted by atomic mass is 35.5. The number of rotatable bonds is 2. The average Bonchev–Trinajstić information content (AvgIpc) is 3.11. The van der Waals surface area contributed by atoms with E-state index in [1.165, 1.54) is 11.8 Å². The molecule has 0 bridgehead atoms. The Balaban J connectivity index is 1.60. The summed E-state index contributed by atoms with van der Waals surface area (Å²) in [5.74, 6) is 0.628. The maximum atomic E-state index is 12.5. The minimum atomic E-state index is -0.272. The summed E-state index contributed by atoms with van der Waals surface area (Å²) >= 11 is 7.57. The molecule has 1 N–H and O–H groups in total. The quantitative estimate of drug-likeness (QED) is 0.850. The lowest BCUT2D eigenvalue weighted by atomic mass is 10.2. The molecule has 4 rings (SSSR count). The predicted molar refractivity (Wildman–Crippen MR) is 93.8 cm³/mol. The maximum Gasteiger partial charge on any atom is 0.281 e. The van der Waals surface area contributed by atoms with Crippen molar-refractivity contribution in [2.75, 3.05) is 0 Å². The molecule has 0 spiro atoms. The third-order valence-corrected chi connectivity index (χ3v) is 5.01. The molecule has 114 valence electrons. The van der Waals surface area contributed by atoms with Gasteiger partial charge in [0.25, 0.3) is 5.91 Å². The average molecular weight is 342 g/mol. The number of carbonyl (C=O) groups is 1. The summed E-state index contributed by atoms with van der Waals surface area (Å²) in [5.41, 5.74) is 4.61. The van der Waals surface area contributed by atoms with Crippen LogP contribution in [0.1, 0.15) is 11.1 Å². The molecule has 2 heterocycles. The van der Waals surface area contributed by atoms with Crippen LogP contribution in [0.2, 0.25) is 5.02 Å². The van der Waals surface area contributed by atoms with Gasteiger partial charge < -0.3 is 0 Å². The van der Waals surface area contributed by atoms with Crippen LogP contribution in [0.25, 0.3) is 6.08 Å². The zero-order valence-corrected chi connectivity index (χ0v) is 13.5. The van der Waals surface area contributed by atoms with Gasteiger partial charge in [0.1, 0.15) is 5.84 Å². The number of nitrogens with one attached hydrogen (secondary N) is 1. The van der Waals surface area contributed by atoms with Crippen LogP contribution >= 0.6 is 23.4 Å². The lowest BCUT2D eigenvalue weighted by Gasteiger charge is -2.13. The predicted octanol–water partition coefficient (Wildman–Crippen LogP) is 3.50. The summed E-state index contributed by atoms with van der Waals surface area (Å²) in [6.07, 6.45) is 1.81. The normalized spacial score (nSPS) is 21.3. The number of aliphatic imine (C=N–C) groups is 1. The van der Waals surface area contributed by atoms with E-state index < -0.39 is 0 Å². The summed E-state index contributed by atoms with van der Waals surface area (Å²) in [6, 6.07) is 17.2. The number of hydrogen-bond acceptors (Lipinski definition) is 4. The Morgan fingerprint density at radius 3 is 2.61 bits per heavy atom. The molecule has 2 aliphatic rings. The summed E-state index contributed by atoms with van der Waals surface area (Å²) in [7, 11) is 0. The number of fused-ring (bicyclic) bond motifs is 1. The summed E-state index contributed by atoms with van der Waals surface area (Å²) in [4.78, 5) is 17.8. The lowest BCUT2D eigenvalue weighted by Crippen LogP contribution is -2.40. The van der Waals surface area contributed by atoms with Crippen molar-refractivity contribution in [3.05, 3.63) is 75.7 Å². The van der Waals surface area contributed by atoms with E-state index in [-0.39, 0.29) is 11.4 Å². The Morgan fingerprint density at radius 2 is 1.87 bits per heavy atom. The zero-order valence-electron chi connectivity index (χ0n) is 11.9. The second kappa shape index (κ2) is 5.76. The van der Waals surface area contributed by atoms with E-state index in [4.69, 9.17) is 11.6 Å². The molecule has 1 atom stereocenters. The Kier molecular flexibility index (Phi) is 3.59. The SMILES string of the molecule is O=C1C(=Cc2ccccc2Cl)SC2N=C(c3ccccc3)NN12. The number of carbonyl (C=O) groups excluding carboxylic acids is 1. The first-order chi connectivity index (χ1) is 11.2. The third kappa shape index (κ3) is 2.62. The smallest absolute Gasteiger partial charge is 0.276 e. The second-order valence-electron chi connectivity index (χ2n) is 5.10. The number of thioether (sulfide) groups is 1. The molecule has 0 aromatic heterocycles. The van der Waals surface area contributed by atoms with Crippen molar-refractivity contribution in [1.82, 2.24) is 10.4 Å². The molecule has 1 amide bonds. The van der Waals surface area contributed by atoms with Gasteiger partial charge in [-0.2, -0.15) is 0 Å². The van der Waals surface area contributed by atoms with Crippen molar-refractivity contribution in [3.8, 4) is 0 Å². The van der Waals surface area contributed by atoms with Gasteiger partial charge in [-0.3, -0.25) is 10.2 Å². The molecule has 0 radical (unpaired) electrons. The van der Waals surface area contributed by atoms with Gasteiger partial charge in [0.15, 0.2) is 5.50 Å². The van der Waals surface area contributed by atoms with E-state index in [0.717, 1.165) is 11.1 Å². The van der Waals surface area contributed by atoms with Crippen molar-refractivity contribution in [2.24, 2.45) is 4.99 Å². The van der Waals surface area contributed by atoms with Crippen molar-refractivity contribution in [3.63, 3.8) is 0 Å². The molecule has 1 unspecified atom stereocenters. The summed E-state index contributed by atoms with van der Waals surface area (Å²) in [6.45, 7) is 0. The fourth-order valence-electron chi connectivity index (χ4n) is 2.44. The number of benzene rings is 2. The molecular weight excluding hydrogens is 330 g/mol. The van der Waals surface area contributed by atoms with Crippen molar-refractivity contribution < 1.29 is 4.79 Å². The van der Waals surface area contributed by atoms with Crippen LogP contribution in [-0.2, 0) is 4.79 Å². The minimum Gasteiger partial charge on any atom is -0.276 e. The lowest BCUT2D eigenvalue weighted by molar-refractivity contribution is -0.127. The highest BCUT2D eigenvalue weighted by molar-refractivity contribution is 8.05. The maximum absolute atomic E-state index is 12.5. The molecule has 2 aromatic carbocycles. The van der Waals surface area contributed by atoms with Crippen LogP contribution in [0.15, 0.2) is 64.5 Å². The van der Waals surface area contributed by atoms with Gasteiger partial charge in [0.2, 0.25) is 0 Å². The van der Waals surface area contributed by atoms with Gasteiger partial charge in [0.05, 0.1) is 4.91 Å². The van der Waals surface area contributed by atoms with Crippen LogP contribution in [0.3, 0.4) is 0 Å². The highest BCUT2D eigenvalue weighted by Crippen LogP contribution is 2.38. The molecule has 6 heteroatoms. The van der Waals surface area contributed by atoms with Gasteiger partial charge in [-0.15, -0.1) is 0 Å². The Hall–Kier alpha value is -2.24. The monoisotopic (exact) mass is 341 g/mol. The largest absolute Gasteiger partial charge is 0.281 e. The van der Waals surface area contributed by atoms with E-state index >= 15 is 0 Å². The van der Waals surface area contributed by atoms with Crippen molar-refractivity contribution in [1.29, 1.82) is 0 Å². The van der Waals surface area contributed by atoms with E-state index in [2.05, 4.69) is 10.4 Å². The van der Waals surface area contributed by atoms with E-state index in [0.29, 0.717) is 15.8 Å². The third-order valence-electron chi connectivity index (χ3n) is 3.59. The minimum absolute atomic E-state index is 0.0883. The first-order valence-electron chi connectivity index (χ1n) is 7.09. The second-order valence-corrected chi connectivity index (χ2v) is 6.61. The molecule has 0 aliphatic carbocycles. The number of halogens is 1. The summed E-state index contributed by atoms with van der Waals surface area (Å²) in [5, 5.41) is 2.18. The van der Waals surface area contributed by atoms with Crippen LogP contribution < -0.4 is 5.43 Å². The van der Waals surface area contributed by atoms with Gasteiger partial charge in [0, 0.05) is 10.6 Å². The molecule has 2 aliphatic heterocycles. The number of amidine groups is 1. The summed E-state index contributed by atoms with van der Waals surface area (Å²) < 4.78 is 0. The van der Waals surface area contributed by atoms with Crippen LogP contribution in [0.5, 0.6) is 0 Å². The molecule has 0 saturated carbocycles. The van der Waals surface area contributed by atoms with Gasteiger partial charge in [-0.25, -0.2) is 10.0 Å². The number of nitrogens with zero attached hydrogens (tertiary/aromatic N) is 2. The first kappa shape index (κ1) is 14.4. The Labute approximate surface area is 142 Å². The molecule has 4 nitrogen and oxygen atoms in total. The van der Waals surface area contributed by atoms with Gasteiger partial charge >= 0.3 is 0 Å². The fourth-order valence-corrected chi connectivity index (χ4v) is 3.67. The molecule has 23 heavy (non-hydrogen) atoms. The van der Waals surface area contributed by atoms with Gasteiger partial charge in [-0.05, 0) is 17.7 Å². The molecular formula is C17H12ClN3OS.